The summed E-state index contributed by atoms with van der Waals surface area (Å²) in [6, 6.07) is 18.3. The Morgan fingerprint density at radius 1 is 1.14 bits per heavy atom. The average molecular weight is 391 g/mol. The van der Waals surface area contributed by atoms with E-state index in [0.29, 0.717) is 26.1 Å². The molecule has 0 aliphatic carbocycles. The highest BCUT2D eigenvalue weighted by molar-refractivity contribution is 5.84. The number of benzene rings is 2. The van der Waals surface area contributed by atoms with Crippen LogP contribution in [0.4, 0.5) is 0 Å². The zero-order chi connectivity index (χ0) is 20.2. The number of likely N-dealkylation sites (tertiary alicyclic amines) is 1. The van der Waals surface area contributed by atoms with Crippen molar-refractivity contribution in [2.24, 2.45) is 5.92 Å². The number of nitrogens with zero attached hydrogens (tertiary/aromatic N) is 1. The zero-order valence-electron chi connectivity index (χ0n) is 16.2. The van der Waals surface area contributed by atoms with Crippen LogP contribution < -0.4 is 5.32 Å². The summed E-state index contributed by atoms with van der Waals surface area (Å²) in [5.41, 5.74) is 3.37. The SMILES string of the molecule is O=C(CN1CCC(C(=O)O)C1)NCC(c1ccccc1)c1c[nH]c2ccccc12. The first kappa shape index (κ1) is 19.2. The molecule has 2 unspecified atom stereocenters. The summed E-state index contributed by atoms with van der Waals surface area (Å²) in [5, 5.41) is 13.3. The average Bonchev–Trinajstić information content (AvgIpc) is 3.37. The van der Waals surface area contributed by atoms with Gasteiger partial charge in [0.05, 0.1) is 12.5 Å². The number of carboxylic acid groups (broad SMARTS) is 1. The van der Waals surface area contributed by atoms with Gasteiger partial charge in [0, 0.05) is 36.1 Å². The molecule has 1 aromatic heterocycles. The van der Waals surface area contributed by atoms with Crippen LogP contribution in [0.3, 0.4) is 0 Å². The van der Waals surface area contributed by atoms with Crippen molar-refractivity contribution in [1.82, 2.24) is 15.2 Å². The maximum absolute atomic E-state index is 12.5. The Bertz CT molecular complexity index is 999. The molecule has 4 rings (SSSR count). The third kappa shape index (κ3) is 4.32. The highest BCUT2D eigenvalue weighted by Gasteiger charge is 2.29. The van der Waals surface area contributed by atoms with E-state index in [-0.39, 0.29) is 24.3 Å². The van der Waals surface area contributed by atoms with Gasteiger partial charge in [-0.05, 0) is 30.2 Å². The van der Waals surface area contributed by atoms with Gasteiger partial charge in [-0.2, -0.15) is 0 Å². The van der Waals surface area contributed by atoms with Gasteiger partial charge in [-0.25, -0.2) is 0 Å². The van der Waals surface area contributed by atoms with Crippen molar-refractivity contribution in [3.8, 4) is 0 Å². The number of para-hydroxylation sites is 1. The van der Waals surface area contributed by atoms with Crippen LogP contribution in [0.2, 0.25) is 0 Å². The van der Waals surface area contributed by atoms with Crippen molar-refractivity contribution >= 4 is 22.8 Å². The third-order valence-electron chi connectivity index (χ3n) is 5.69. The second-order valence-corrected chi connectivity index (χ2v) is 7.62. The van der Waals surface area contributed by atoms with E-state index < -0.39 is 5.97 Å². The number of hydrogen-bond acceptors (Lipinski definition) is 3. The van der Waals surface area contributed by atoms with E-state index in [0.717, 1.165) is 22.0 Å². The number of rotatable bonds is 7. The number of hydrogen-bond donors (Lipinski definition) is 3. The van der Waals surface area contributed by atoms with Gasteiger partial charge < -0.3 is 15.4 Å². The molecule has 150 valence electrons. The Morgan fingerprint density at radius 3 is 2.66 bits per heavy atom. The fourth-order valence-electron chi connectivity index (χ4n) is 4.13. The van der Waals surface area contributed by atoms with E-state index >= 15 is 0 Å². The van der Waals surface area contributed by atoms with Gasteiger partial charge >= 0.3 is 5.97 Å². The molecule has 2 aromatic carbocycles. The van der Waals surface area contributed by atoms with Gasteiger partial charge in [0.15, 0.2) is 0 Å². The van der Waals surface area contributed by atoms with Crippen LogP contribution in [0.15, 0.2) is 60.8 Å². The molecule has 2 heterocycles. The maximum atomic E-state index is 12.5. The number of amides is 1. The summed E-state index contributed by atoms with van der Waals surface area (Å²) in [7, 11) is 0. The predicted molar refractivity (Wildman–Crippen MR) is 112 cm³/mol. The van der Waals surface area contributed by atoms with Gasteiger partial charge in [-0.1, -0.05) is 48.5 Å². The summed E-state index contributed by atoms with van der Waals surface area (Å²) in [4.78, 5) is 28.9. The minimum Gasteiger partial charge on any atom is -0.481 e. The number of aromatic nitrogens is 1. The van der Waals surface area contributed by atoms with Crippen molar-refractivity contribution in [2.75, 3.05) is 26.2 Å². The van der Waals surface area contributed by atoms with E-state index in [1.54, 1.807) is 0 Å². The molecular formula is C23H25N3O3. The summed E-state index contributed by atoms with van der Waals surface area (Å²) in [5.74, 6) is -1.19. The Hall–Kier alpha value is -3.12. The fourth-order valence-corrected chi connectivity index (χ4v) is 4.13. The standard InChI is InChI=1S/C23H25N3O3/c27-22(15-26-11-10-17(14-26)23(28)29)25-12-19(16-6-2-1-3-7-16)20-13-24-21-9-5-4-8-18(20)21/h1-9,13,17,19,24H,10-12,14-15H2,(H,25,27)(H,28,29). The van der Waals surface area contributed by atoms with Crippen LogP contribution in [0.5, 0.6) is 0 Å². The van der Waals surface area contributed by atoms with Crippen molar-refractivity contribution in [1.29, 1.82) is 0 Å². The molecular weight excluding hydrogens is 366 g/mol. The van der Waals surface area contributed by atoms with Crippen LogP contribution in [-0.4, -0.2) is 53.0 Å². The lowest BCUT2D eigenvalue weighted by Gasteiger charge is -2.20. The summed E-state index contributed by atoms with van der Waals surface area (Å²) < 4.78 is 0. The number of carbonyl (C=O) groups excluding carboxylic acids is 1. The van der Waals surface area contributed by atoms with E-state index in [9.17, 15) is 9.59 Å². The number of aromatic amines is 1. The molecule has 2 atom stereocenters. The predicted octanol–water partition coefficient (Wildman–Crippen LogP) is 2.82. The Balaban J connectivity index is 1.47. The van der Waals surface area contributed by atoms with Gasteiger partial charge in [0.25, 0.3) is 0 Å². The van der Waals surface area contributed by atoms with E-state index in [1.165, 1.54) is 0 Å². The molecule has 1 aliphatic heterocycles. The largest absolute Gasteiger partial charge is 0.481 e. The number of nitrogens with one attached hydrogen (secondary N) is 2. The second-order valence-electron chi connectivity index (χ2n) is 7.62. The first-order valence-corrected chi connectivity index (χ1v) is 9.94. The summed E-state index contributed by atoms with van der Waals surface area (Å²) >= 11 is 0. The van der Waals surface area contributed by atoms with Crippen LogP contribution >= 0.6 is 0 Å². The normalized spacial score (nSPS) is 18.0. The topological polar surface area (TPSA) is 85.4 Å². The molecule has 29 heavy (non-hydrogen) atoms. The molecule has 0 spiro atoms. The second kappa shape index (κ2) is 8.49. The maximum Gasteiger partial charge on any atom is 0.307 e. The highest BCUT2D eigenvalue weighted by atomic mass is 16.4. The third-order valence-corrected chi connectivity index (χ3v) is 5.69. The molecule has 3 N–H and O–H groups in total. The first-order valence-electron chi connectivity index (χ1n) is 9.94. The zero-order valence-corrected chi connectivity index (χ0v) is 16.2. The highest BCUT2D eigenvalue weighted by Crippen LogP contribution is 2.30. The van der Waals surface area contributed by atoms with Crippen molar-refractivity contribution in [2.45, 2.75) is 12.3 Å². The number of carboxylic acids is 1. The van der Waals surface area contributed by atoms with Crippen molar-refractivity contribution in [3.63, 3.8) is 0 Å². The van der Waals surface area contributed by atoms with Crippen LogP contribution in [-0.2, 0) is 9.59 Å². The summed E-state index contributed by atoms with van der Waals surface area (Å²) in [6.45, 7) is 1.81. The van der Waals surface area contributed by atoms with E-state index in [1.807, 2.05) is 47.5 Å². The molecule has 1 fully saturated rings. The molecule has 1 amide bonds. The van der Waals surface area contributed by atoms with Crippen LogP contribution in [0.1, 0.15) is 23.5 Å². The fraction of sp³-hybridized carbons (Fsp3) is 0.304. The van der Waals surface area contributed by atoms with Gasteiger partial charge in [0.2, 0.25) is 5.91 Å². The quantitative estimate of drug-likeness (QED) is 0.578. The number of fused-ring (bicyclic) bond motifs is 1. The molecule has 6 nitrogen and oxygen atoms in total. The van der Waals surface area contributed by atoms with Crippen LogP contribution in [0.25, 0.3) is 10.9 Å². The van der Waals surface area contributed by atoms with E-state index in [4.69, 9.17) is 5.11 Å². The first-order chi connectivity index (χ1) is 14.1. The minimum atomic E-state index is -0.781. The van der Waals surface area contributed by atoms with Crippen molar-refractivity contribution in [3.05, 3.63) is 71.9 Å². The van der Waals surface area contributed by atoms with Gasteiger partial charge in [-0.15, -0.1) is 0 Å². The summed E-state index contributed by atoms with van der Waals surface area (Å²) in [6.07, 6.45) is 2.62. The number of carbonyl (C=O) groups is 2. The monoisotopic (exact) mass is 391 g/mol. The lowest BCUT2D eigenvalue weighted by Crippen LogP contribution is -2.38. The number of aliphatic carboxylic acids is 1. The van der Waals surface area contributed by atoms with Gasteiger partial charge in [0.1, 0.15) is 0 Å². The van der Waals surface area contributed by atoms with Crippen molar-refractivity contribution < 1.29 is 14.7 Å². The lowest BCUT2D eigenvalue weighted by atomic mass is 9.91. The molecule has 6 heteroatoms. The lowest BCUT2D eigenvalue weighted by molar-refractivity contribution is -0.141. The van der Waals surface area contributed by atoms with Gasteiger partial charge in [-0.3, -0.25) is 14.5 Å². The Labute approximate surface area is 169 Å². The molecule has 0 bridgehead atoms. The Morgan fingerprint density at radius 2 is 1.90 bits per heavy atom. The molecule has 1 aliphatic rings. The molecule has 3 aromatic rings. The Kier molecular flexibility index (Phi) is 5.62. The molecule has 0 radical (unpaired) electrons. The minimum absolute atomic E-state index is 0.0293. The van der Waals surface area contributed by atoms with E-state index in [2.05, 4.69) is 28.5 Å². The molecule has 0 saturated carbocycles. The molecule has 1 saturated heterocycles. The van der Waals surface area contributed by atoms with Crippen LogP contribution in [0, 0.1) is 5.92 Å². The smallest absolute Gasteiger partial charge is 0.307 e. The number of H-pyrrole nitrogens is 1.